The molecule has 2 rings (SSSR count). The van der Waals surface area contributed by atoms with Crippen molar-refractivity contribution in [3.8, 4) is 5.75 Å². The first-order valence-corrected chi connectivity index (χ1v) is 7.20. The lowest BCUT2D eigenvalue weighted by Gasteiger charge is -2.10. The summed E-state index contributed by atoms with van der Waals surface area (Å²) in [5.41, 5.74) is 0.866. The van der Waals surface area contributed by atoms with Gasteiger partial charge in [0, 0.05) is 27.9 Å². The predicted octanol–water partition coefficient (Wildman–Crippen LogP) is 3.83. The second-order valence-electron chi connectivity index (χ2n) is 4.15. The minimum absolute atomic E-state index is 0.0290. The number of hydrogen-bond donors (Lipinski definition) is 1. The highest BCUT2D eigenvalue weighted by Crippen LogP contribution is 2.19. The zero-order chi connectivity index (χ0) is 15.2. The van der Waals surface area contributed by atoms with Crippen molar-refractivity contribution in [1.29, 1.82) is 0 Å². The van der Waals surface area contributed by atoms with E-state index in [9.17, 15) is 14.5 Å². The van der Waals surface area contributed by atoms with E-state index in [1.807, 2.05) is 0 Å². The first-order valence-electron chi connectivity index (χ1n) is 6.12. The normalized spacial score (nSPS) is 10.2. The number of halogens is 2. The van der Waals surface area contributed by atoms with Crippen molar-refractivity contribution in [2.75, 3.05) is 18.5 Å². The first-order chi connectivity index (χ1) is 10.1. The topological polar surface area (TPSA) is 64.4 Å². The molecular formula is C14H12FIN2O3. The van der Waals surface area contributed by atoms with E-state index in [-0.39, 0.29) is 11.5 Å². The van der Waals surface area contributed by atoms with Crippen LogP contribution in [0.1, 0.15) is 0 Å². The highest BCUT2D eigenvalue weighted by atomic mass is 127. The minimum atomic E-state index is -0.457. The Morgan fingerprint density at radius 1 is 1.24 bits per heavy atom. The number of anilines is 1. The molecule has 0 bridgehead atoms. The second kappa shape index (κ2) is 7.21. The molecule has 0 aromatic heterocycles. The maximum Gasteiger partial charge on any atom is 0.269 e. The largest absolute Gasteiger partial charge is 0.492 e. The molecule has 0 fully saturated rings. The first kappa shape index (κ1) is 15.5. The van der Waals surface area contributed by atoms with Crippen molar-refractivity contribution in [3.05, 3.63) is 62.0 Å². The summed E-state index contributed by atoms with van der Waals surface area (Å²) in [6.07, 6.45) is 0. The van der Waals surface area contributed by atoms with E-state index in [1.165, 1.54) is 24.3 Å². The molecule has 0 radical (unpaired) electrons. The maximum atomic E-state index is 12.9. The molecule has 2 aromatic carbocycles. The average Bonchev–Trinajstić information content (AvgIpc) is 2.46. The van der Waals surface area contributed by atoms with Crippen molar-refractivity contribution >= 4 is 34.0 Å². The summed E-state index contributed by atoms with van der Waals surface area (Å²) in [7, 11) is 0. The van der Waals surface area contributed by atoms with Crippen molar-refractivity contribution < 1.29 is 14.1 Å². The van der Waals surface area contributed by atoms with Gasteiger partial charge < -0.3 is 10.1 Å². The Morgan fingerprint density at radius 2 is 1.95 bits per heavy atom. The number of benzene rings is 2. The number of non-ortho nitro benzene ring substituents is 1. The molecule has 110 valence electrons. The maximum absolute atomic E-state index is 12.9. The van der Waals surface area contributed by atoms with Gasteiger partial charge in [-0.15, -0.1) is 0 Å². The quantitative estimate of drug-likeness (QED) is 0.345. The Hall–Kier alpha value is -1.90. The molecule has 0 aliphatic rings. The van der Waals surface area contributed by atoms with Crippen LogP contribution in [0.3, 0.4) is 0 Å². The van der Waals surface area contributed by atoms with Crippen LogP contribution in [-0.2, 0) is 0 Å². The Bertz CT molecular complexity index is 635. The summed E-state index contributed by atoms with van der Waals surface area (Å²) in [6, 6.07) is 10.4. The molecule has 0 atom stereocenters. The Balaban J connectivity index is 1.80. The van der Waals surface area contributed by atoms with Gasteiger partial charge in [0.1, 0.15) is 18.2 Å². The van der Waals surface area contributed by atoms with Gasteiger partial charge >= 0.3 is 0 Å². The number of nitrogens with zero attached hydrogens (tertiary/aromatic N) is 1. The van der Waals surface area contributed by atoms with Gasteiger partial charge in [-0.1, -0.05) is 0 Å². The molecule has 0 spiro atoms. The lowest BCUT2D eigenvalue weighted by Crippen LogP contribution is -2.12. The van der Waals surface area contributed by atoms with E-state index in [0.717, 1.165) is 9.26 Å². The van der Waals surface area contributed by atoms with Gasteiger partial charge in [0.2, 0.25) is 0 Å². The summed E-state index contributed by atoms with van der Waals surface area (Å²) >= 11 is 2.05. The number of hydrogen-bond acceptors (Lipinski definition) is 4. The van der Waals surface area contributed by atoms with Gasteiger partial charge in [-0.05, 0) is 52.9 Å². The molecule has 0 saturated carbocycles. The fourth-order valence-electron chi connectivity index (χ4n) is 1.65. The van der Waals surface area contributed by atoms with Crippen LogP contribution >= 0.6 is 22.6 Å². The lowest BCUT2D eigenvalue weighted by atomic mass is 10.3. The molecule has 0 amide bonds. The third-order valence-corrected chi connectivity index (χ3v) is 3.56. The SMILES string of the molecule is O=[N+]([O-])c1ccc(OCCNc2ccc(F)cc2I)cc1. The monoisotopic (exact) mass is 402 g/mol. The number of nitro benzene ring substituents is 1. The fourth-order valence-corrected chi connectivity index (χ4v) is 2.32. The molecule has 0 aliphatic carbocycles. The molecule has 0 heterocycles. The van der Waals surface area contributed by atoms with Crippen LogP contribution < -0.4 is 10.1 Å². The fraction of sp³-hybridized carbons (Fsp3) is 0.143. The molecule has 21 heavy (non-hydrogen) atoms. The summed E-state index contributed by atoms with van der Waals surface area (Å²) < 4.78 is 19.2. The van der Waals surface area contributed by atoms with Crippen LogP contribution in [0.4, 0.5) is 15.8 Å². The molecule has 0 saturated heterocycles. The molecule has 2 aromatic rings. The molecule has 0 unspecified atom stereocenters. The lowest BCUT2D eigenvalue weighted by molar-refractivity contribution is -0.384. The number of ether oxygens (including phenoxy) is 1. The minimum Gasteiger partial charge on any atom is -0.492 e. The van der Waals surface area contributed by atoms with E-state index in [2.05, 4.69) is 27.9 Å². The van der Waals surface area contributed by atoms with Crippen LogP contribution in [0, 0.1) is 19.5 Å². The molecule has 5 nitrogen and oxygen atoms in total. The van der Waals surface area contributed by atoms with Crippen LogP contribution in [-0.4, -0.2) is 18.1 Å². The molecular weight excluding hydrogens is 390 g/mol. The average molecular weight is 402 g/mol. The van der Waals surface area contributed by atoms with Crippen molar-refractivity contribution in [2.45, 2.75) is 0 Å². The smallest absolute Gasteiger partial charge is 0.269 e. The molecule has 0 aliphatic heterocycles. The zero-order valence-corrected chi connectivity index (χ0v) is 13.0. The number of nitro groups is 1. The van der Waals surface area contributed by atoms with E-state index in [4.69, 9.17) is 4.74 Å². The van der Waals surface area contributed by atoms with Gasteiger partial charge in [0.25, 0.3) is 5.69 Å². The summed E-state index contributed by atoms with van der Waals surface area (Å²) in [5.74, 6) is 0.295. The summed E-state index contributed by atoms with van der Waals surface area (Å²) in [4.78, 5) is 10.1. The van der Waals surface area contributed by atoms with Crippen LogP contribution in [0.25, 0.3) is 0 Å². The summed E-state index contributed by atoms with van der Waals surface area (Å²) in [6.45, 7) is 0.934. The zero-order valence-electron chi connectivity index (χ0n) is 10.9. The second-order valence-corrected chi connectivity index (χ2v) is 5.31. The van der Waals surface area contributed by atoms with Crippen LogP contribution in [0.5, 0.6) is 5.75 Å². The molecule has 1 N–H and O–H groups in total. The van der Waals surface area contributed by atoms with Crippen molar-refractivity contribution in [1.82, 2.24) is 0 Å². The Kier molecular flexibility index (Phi) is 5.32. The van der Waals surface area contributed by atoms with Gasteiger partial charge in [0.05, 0.1) is 4.92 Å². The third-order valence-electron chi connectivity index (χ3n) is 2.66. The van der Waals surface area contributed by atoms with Gasteiger partial charge in [0.15, 0.2) is 0 Å². The van der Waals surface area contributed by atoms with Crippen molar-refractivity contribution in [3.63, 3.8) is 0 Å². The highest BCUT2D eigenvalue weighted by Gasteiger charge is 2.04. The highest BCUT2D eigenvalue weighted by molar-refractivity contribution is 14.1. The van der Waals surface area contributed by atoms with Gasteiger partial charge in [-0.2, -0.15) is 0 Å². The number of rotatable bonds is 6. The third kappa shape index (κ3) is 4.55. The standard InChI is InChI=1S/C14H12FIN2O3/c15-10-1-6-14(13(16)9-10)17-7-8-21-12-4-2-11(3-5-12)18(19)20/h1-6,9,17H,7-8H2. The van der Waals surface area contributed by atoms with E-state index < -0.39 is 4.92 Å². The Morgan fingerprint density at radius 3 is 2.57 bits per heavy atom. The summed E-state index contributed by atoms with van der Waals surface area (Å²) in [5, 5.41) is 13.6. The number of nitrogens with one attached hydrogen (secondary N) is 1. The predicted molar refractivity (Wildman–Crippen MR) is 86.2 cm³/mol. The molecule has 7 heteroatoms. The van der Waals surface area contributed by atoms with Gasteiger partial charge in [-0.25, -0.2) is 4.39 Å². The van der Waals surface area contributed by atoms with Gasteiger partial charge in [-0.3, -0.25) is 10.1 Å². The van der Waals surface area contributed by atoms with E-state index in [1.54, 1.807) is 18.2 Å². The van der Waals surface area contributed by atoms with E-state index >= 15 is 0 Å². The van der Waals surface area contributed by atoms with Crippen LogP contribution in [0.15, 0.2) is 42.5 Å². The van der Waals surface area contributed by atoms with Crippen LogP contribution in [0.2, 0.25) is 0 Å². The Labute approximate surface area is 134 Å². The van der Waals surface area contributed by atoms with Crippen molar-refractivity contribution in [2.24, 2.45) is 0 Å². The van der Waals surface area contributed by atoms with E-state index in [0.29, 0.717) is 18.9 Å².